The number of alkyl halides is 1. The Morgan fingerprint density at radius 1 is 1.06 bits per heavy atom. The third-order valence-corrected chi connectivity index (χ3v) is 7.17. The van der Waals surface area contributed by atoms with Gasteiger partial charge in [-0.3, -0.25) is 9.69 Å². The number of halogens is 1. The largest absolute Gasteiger partial charge is 0.320 e. The molecule has 3 aromatic heterocycles. The molecule has 0 saturated carbocycles. The van der Waals surface area contributed by atoms with Crippen LogP contribution in [0.2, 0.25) is 0 Å². The van der Waals surface area contributed by atoms with Crippen molar-refractivity contribution in [1.82, 2.24) is 19.9 Å². The zero-order chi connectivity index (χ0) is 23.8. The molecule has 6 nitrogen and oxygen atoms in total. The van der Waals surface area contributed by atoms with Crippen molar-refractivity contribution in [3.63, 3.8) is 0 Å². The zero-order valence-corrected chi connectivity index (χ0v) is 19.6. The molecule has 1 amide bonds. The van der Waals surface area contributed by atoms with Gasteiger partial charge < -0.3 is 5.32 Å². The van der Waals surface area contributed by atoms with Gasteiger partial charge in [-0.05, 0) is 42.3 Å². The van der Waals surface area contributed by atoms with E-state index >= 15 is 0 Å². The Kier molecular flexibility index (Phi) is 5.67. The van der Waals surface area contributed by atoms with Crippen LogP contribution in [0, 0.1) is 0 Å². The van der Waals surface area contributed by atoms with Crippen LogP contribution in [-0.4, -0.2) is 45.0 Å². The summed E-state index contributed by atoms with van der Waals surface area (Å²) in [5, 5.41) is 4.76. The number of hydrogen-bond acceptors (Lipinski definition) is 6. The fourth-order valence-corrected chi connectivity index (χ4v) is 5.34. The lowest BCUT2D eigenvalue weighted by Crippen LogP contribution is -2.20. The monoisotopic (exact) mass is 483 g/mol. The minimum atomic E-state index is -0.742. The third kappa shape index (κ3) is 4.50. The number of rotatable bonds is 5. The molecule has 5 aromatic rings. The Labute approximate surface area is 205 Å². The molecule has 35 heavy (non-hydrogen) atoms. The topological polar surface area (TPSA) is 71.0 Å². The summed E-state index contributed by atoms with van der Waals surface area (Å²) >= 11 is 1.48. The molecule has 1 aliphatic heterocycles. The first kappa shape index (κ1) is 21.8. The summed E-state index contributed by atoms with van der Waals surface area (Å²) in [6, 6.07) is 21.0. The van der Waals surface area contributed by atoms with Crippen molar-refractivity contribution in [2.24, 2.45) is 0 Å². The molecule has 174 valence electrons. The van der Waals surface area contributed by atoms with E-state index in [1.165, 1.54) is 11.3 Å². The number of nitrogens with one attached hydrogen (secondary N) is 1. The predicted octanol–water partition coefficient (Wildman–Crippen LogP) is 5.70. The van der Waals surface area contributed by atoms with Crippen molar-refractivity contribution < 1.29 is 9.18 Å². The summed E-state index contributed by atoms with van der Waals surface area (Å²) < 4.78 is 13.5. The highest BCUT2D eigenvalue weighted by atomic mass is 32.1. The SMILES string of the molecule is O=C(Nc1ccccc1-c1nc2cc(CN3CC[C@@H](F)C3)cnc2s1)c1ccc2ccccc2n1. The van der Waals surface area contributed by atoms with E-state index in [2.05, 4.69) is 20.2 Å². The van der Waals surface area contributed by atoms with E-state index in [1.807, 2.05) is 66.9 Å². The number of amides is 1. The van der Waals surface area contributed by atoms with Crippen LogP contribution >= 0.6 is 11.3 Å². The summed E-state index contributed by atoms with van der Waals surface area (Å²) in [6.07, 6.45) is 1.69. The van der Waals surface area contributed by atoms with Crippen LogP contribution in [0.1, 0.15) is 22.5 Å². The van der Waals surface area contributed by atoms with Gasteiger partial charge in [-0.2, -0.15) is 0 Å². The average Bonchev–Trinajstić information content (AvgIpc) is 3.49. The van der Waals surface area contributed by atoms with Crippen LogP contribution in [-0.2, 0) is 6.54 Å². The number of para-hydroxylation sites is 2. The van der Waals surface area contributed by atoms with Gasteiger partial charge in [0.25, 0.3) is 5.91 Å². The Balaban J connectivity index is 1.26. The Morgan fingerprint density at radius 2 is 1.91 bits per heavy atom. The van der Waals surface area contributed by atoms with E-state index in [0.29, 0.717) is 30.9 Å². The molecule has 6 rings (SSSR count). The summed E-state index contributed by atoms with van der Waals surface area (Å²) in [5.41, 5.74) is 4.44. The molecule has 8 heteroatoms. The molecular weight excluding hydrogens is 461 g/mol. The van der Waals surface area contributed by atoms with Crippen LogP contribution < -0.4 is 5.32 Å². The molecule has 0 radical (unpaired) electrons. The second-order valence-corrected chi connectivity index (χ2v) is 9.67. The second-order valence-electron chi connectivity index (χ2n) is 8.70. The van der Waals surface area contributed by atoms with Gasteiger partial charge in [0.1, 0.15) is 27.2 Å². The maximum atomic E-state index is 13.5. The molecule has 1 aliphatic rings. The van der Waals surface area contributed by atoms with Gasteiger partial charge in [0, 0.05) is 36.8 Å². The van der Waals surface area contributed by atoms with Crippen LogP contribution in [0.15, 0.2) is 72.9 Å². The standard InChI is InChI=1S/C27H22FN5OS/c28-19-11-12-33(16-19)15-17-13-24-27(29-14-17)35-26(32-24)20-6-2-4-8-22(20)31-25(34)23-10-9-18-5-1-3-7-21(18)30-23/h1-10,13-14,19H,11-12,15-16H2,(H,31,34)/t19-/m1/s1. The number of benzene rings is 2. The van der Waals surface area contributed by atoms with Gasteiger partial charge in [-0.15, -0.1) is 0 Å². The van der Waals surface area contributed by atoms with Crippen molar-refractivity contribution in [2.75, 3.05) is 18.4 Å². The average molecular weight is 484 g/mol. The molecular formula is C27H22FN5OS. The third-order valence-electron chi connectivity index (χ3n) is 6.16. The Morgan fingerprint density at radius 3 is 2.80 bits per heavy atom. The number of hydrogen-bond donors (Lipinski definition) is 1. The van der Waals surface area contributed by atoms with E-state index in [1.54, 1.807) is 6.07 Å². The fraction of sp³-hybridized carbons (Fsp3) is 0.185. The number of fused-ring (bicyclic) bond motifs is 2. The number of anilines is 1. The number of nitrogens with zero attached hydrogens (tertiary/aromatic N) is 4. The molecule has 0 spiro atoms. The maximum Gasteiger partial charge on any atom is 0.274 e. The first-order valence-electron chi connectivity index (χ1n) is 11.5. The molecule has 2 aromatic carbocycles. The van der Waals surface area contributed by atoms with Gasteiger partial charge in [-0.1, -0.05) is 47.7 Å². The molecule has 1 atom stereocenters. The normalized spacial score (nSPS) is 16.2. The van der Waals surface area contributed by atoms with Crippen LogP contribution in [0.5, 0.6) is 0 Å². The van der Waals surface area contributed by atoms with E-state index in [0.717, 1.165) is 43.9 Å². The van der Waals surface area contributed by atoms with Gasteiger partial charge in [0.05, 0.1) is 11.2 Å². The highest BCUT2D eigenvalue weighted by molar-refractivity contribution is 7.21. The smallest absolute Gasteiger partial charge is 0.274 e. The lowest BCUT2D eigenvalue weighted by Gasteiger charge is -2.13. The van der Waals surface area contributed by atoms with Crippen molar-refractivity contribution in [3.05, 3.63) is 84.2 Å². The minimum absolute atomic E-state index is 0.276. The summed E-state index contributed by atoms with van der Waals surface area (Å²) in [6.45, 7) is 1.90. The van der Waals surface area contributed by atoms with Crippen LogP contribution in [0.4, 0.5) is 10.1 Å². The quantitative estimate of drug-likeness (QED) is 0.347. The highest BCUT2D eigenvalue weighted by Crippen LogP contribution is 2.34. The van der Waals surface area contributed by atoms with Gasteiger partial charge in [0.15, 0.2) is 0 Å². The summed E-state index contributed by atoms with van der Waals surface area (Å²) in [4.78, 5) is 29.8. The summed E-state index contributed by atoms with van der Waals surface area (Å²) in [5.74, 6) is -0.276. The molecule has 1 N–H and O–H groups in total. The molecule has 0 bridgehead atoms. The highest BCUT2D eigenvalue weighted by Gasteiger charge is 2.22. The van der Waals surface area contributed by atoms with Crippen molar-refractivity contribution in [3.8, 4) is 10.6 Å². The Hall–Kier alpha value is -3.75. The van der Waals surface area contributed by atoms with E-state index in [9.17, 15) is 9.18 Å². The second kappa shape index (κ2) is 9.13. The number of carbonyl (C=O) groups excluding carboxylic acids is 1. The first-order valence-corrected chi connectivity index (χ1v) is 12.3. The minimum Gasteiger partial charge on any atom is -0.320 e. The molecule has 0 aliphatic carbocycles. The van der Waals surface area contributed by atoms with Crippen molar-refractivity contribution in [1.29, 1.82) is 0 Å². The Bertz CT molecular complexity index is 1550. The van der Waals surface area contributed by atoms with E-state index in [4.69, 9.17) is 4.98 Å². The zero-order valence-electron chi connectivity index (χ0n) is 18.8. The van der Waals surface area contributed by atoms with Gasteiger partial charge in [0.2, 0.25) is 0 Å². The van der Waals surface area contributed by atoms with E-state index in [-0.39, 0.29) is 5.91 Å². The first-order chi connectivity index (χ1) is 17.1. The van der Waals surface area contributed by atoms with Crippen molar-refractivity contribution >= 4 is 44.2 Å². The molecule has 1 saturated heterocycles. The summed E-state index contributed by atoms with van der Waals surface area (Å²) in [7, 11) is 0. The number of aromatic nitrogens is 3. The number of likely N-dealkylation sites (tertiary alicyclic amines) is 1. The lowest BCUT2D eigenvalue weighted by atomic mass is 10.1. The maximum absolute atomic E-state index is 13.5. The van der Waals surface area contributed by atoms with Crippen molar-refractivity contribution in [2.45, 2.75) is 19.1 Å². The van der Waals surface area contributed by atoms with Crippen LogP contribution in [0.3, 0.4) is 0 Å². The van der Waals surface area contributed by atoms with Gasteiger partial charge in [-0.25, -0.2) is 19.3 Å². The predicted molar refractivity (Wildman–Crippen MR) is 137 cm³/mol. The van der Waals surface area contributed by atoms with E-state index < -0.39 is 6.17 Å². The molecule has 0 unspecified atom stereocenters. The van der Waals surface area contributed by atoms with Gasteiger partial charge >= 0.3 is 0 Å². The molecule has 4 heterocycles. The van der Waals surface area contributed by atoms with Crippen LogP contribution in [0.25, 0.3) is 31.8 Å². The number of pyridine rings is 2. The molecule has 1 fully saturated rings. The fourth-order valence-electron chi connectivity index (χ4n) is 4.41. The number of carbonyl (C=O) groups is 1. The number of thiazole rings is 1. The lowest BCUT2D eigenvalue weighted by molar-refractivity contribution is 0.102.